The van der Waals surface area contributed by atoms with Crippen LogP contribution in [-0.2, 0) is 12.3 Å². The molecule has 6 nitrogen and oxygen atoms in total. The van der Waals surface area contributed by atoms with E-state index < -0.39 is 0 Å². The van der Waals surface area contributed by atoms with Gasteiger partial charge in [0.15, 0.2) is 16.7 Å². The van der Waals surface area contributed by atoms with E-state index in [1.165, 1.54) is 17.3 Å². The van der Waals surface area contributed by atoms with Crippen LogP contribution in [0, 0.1) is 0 Å². The molecule has 0 aliphatic rings. The van der Waals surface area contributed by atoms with Crippen molar-refractivity contribution in [3.05, 3.63) is 102 Å². The molecular weight excluding hydrogens is 442 g/mol. The Morgan fingerprint density at radius 3 is 2.56 bits per heavy atom. The number of thioether (sulfide) groups is 1. The fraction of sp³-hybridized carbons (Fsp3) is 0.0833. The van der Waals surface area contributed by atoms with Crippen molar-refractivity contribution in [1.82, 2.24) is 24.7 Å². The second-order valence-electron chi connectivity index (χ2n) is 7.03. The first kappa shape index (κ1) is 20.5. The van der Waals surface area contributed by atoms with Crippen molar-refractivity contribution in [3.63, 3.8) is 0 Å². The van der Waals surface area contributed by atoms with Crippen LogP contribution in [0.25, 0.3) is 22.7 Å². The third-order valence-corrected chi connectivity index (χ3v) is 6.01. The van der Waals surface area contributed by atoms with E-state index in [-0.39, 0.29) is 0 Å². The number of benzene rings is 2. The topological polar surface area (TPSA) is 69.6 Å². The quantitative estimate of drug-likeness (QED) is 0.278. The van der Waals surface area contributed by atoms with E-state index in [1.54, 1.807) is 18.6 Å². The van der Waals surface area contributed by atoms with E-state index in [1.807, 2.05) is 54.6 Å². The molecule has 0 amide bonds. The van der Waals surface area contributed by atoms with E-state index >= 15 is 0 Å². The first-order chi connectivity index (χ1) is 15.8. The van der Waals surface area contributed by atoms with Crippen LogP contribution in [0.2, 0.25) is 5.02 Å². The molecule has 3 aromatic heterocycles. The lowest BCUT2D eigenvalue weighted by molar-refractivity contribution is 0.529. The summed E-state index contributed by atoms with van der Waals surface area (Å²) in [5.41, 5.74) is 3.03. The Labute approximate surface area is 194 Å². The third-order valence-electron chi connectivity index (χ3n) is 4.83. The molecule has 0 saturated heterocycles. The van der Waals surface area contributed by atoms with Gasteiger partial charge in [-0.15, -0.1) is 10.2 Å². The molecule has 158 valence electrons. The van der Waals surface area contributed by atoms with Crippen molar-refractivity contribution in [1.29, 1.82) is 0 Å². The van der Waals surface area contributed by atoms with E-state index in [9.17, 15) is 0 Å². The van der Waals surface area contributed by atoms with E-state index in [0.717, 1.165) is 22.1 Å². The van der Waals surface area contributed by atoms with Crippen molar-refractivity contribution in [2.75, 3.05) is 0 Å². The van der Waals surface area contributed by atoms with Gasteiger partial charge in [0.05, 0.1) is 18.5 Å². The molecule has 32 heavy (non-hydrogen) atoms. The first-order valence-corrected chi connectivity index (χ1v) is 11.3. The molecule has 5 rings (SSSR count). The van der Waals surface area contributed by atoms with E-state index in [4.69, 9.17) is 16.0 Å². The summed E-state index contributed by atoms with van der Waals surface area (Å²) in [6.07, 6.45) is 5.24. The molecule has 0 unspecified atom stereocenters. The largest absolute Gasteiger partial charge is 0.440 e. The van der Waals surface area contributed by atoms with Gasteiger partial charge in [-0.25, -0.2) is 4.98 Å². The average Bonchev–Trinajstić information content (AvgIpc) is 3.46. The number of rotatable bonds is 7. The predicted molar refractivity (Wildman–Crippen MR) is 125 cm³/mol. The maximum Gasteiger partial charge on any atom is 0.205 e. The first-order valence-electron chi connectivity index (χ1n) is 9.97. The van der Waals surface area contributed by atoms with Gasteiger partial charge in [-0.2, -0.15) is 0 Å². The van der Waals surface area contributed by atoms with Crippen LogP contribution in [0.15, 0.2) is 94.9 Å². The average molecular weight is 460 g/mol. The van der Waals surface area contributed by atoms with Crippen molar-refractivity contribution in [2.24, 2.45) is 0 Å². The highest BCUT2D eigenvalue weighted by atomic mass is 35.5. The maximum atomic E-state index is 6.09. The summed E-state index contributed by atoms with van der Waals surface area (Å²) in [6, 6.07) is 21.7. The van der Waals surface area contributed by atoms with Crippen LogP contribution >= 0.6 is 23.4 Å². The van der Waals surface area contributed by atoms with Gasteiger partial charge in [0.25, 0.3) is 0 Å². The molecule has 5 aromatic rings. The van der Waals surface area contributed by atoms with Gasteiger partial charge < -0.3 is 4.42 Å². The fourth-order valence-electron chi connectivity index (χ4n) is 3.30. The molecule has 8 heteroatoms. The second kappa shape index (κ2) is 9.38. The second-order valence-corrected chi connectivity index (χ2v) is 8.41. The highest BCUT2D eigenvalue weighted by Crippen LogP contribution is 2.29. The zero-order valence-electron chi connectivity index (χ0n) is 16.9. The Bertz CT molecular complexity index is 1320. The number of hydrogen-bond acceptors (Lipinski definition) is 6. The highest BCUT2D eigenvalue weighted by molar-refractivity contribution is 7.98. The van der Waals surface area contributed by atoms with Gasteiger partial charge in [-0.05, 0) is 29.8 Å². The minimum absolute atomic E-state index is 0.532. The van der Waals surface area contributed by atoms with Crippen LogP contribution in [0.4, 0.5) is 0 Å². The van der Waals surface area contributed by atoms with Crippen LogP contribution in [0.3, 0.4) is 0 Å². The van der Waals surface area contributed by atoms with Gasteiger partial charge in [0, 0.05) is 28.5 Å². The molecule has 0 aliphatic carbocycles. The number of aromatic nitrogens is 5. The van der Waals surface area contributed by atoms with Crippen LogP contribution in [0.1, 0.15) is 11.5 Å². The summed E-state index contributed by atoms with van der Waals surface area (Å²) < 4.78 is 8.05. The van der Waals surface area contributed by atoms with Gasteiger partial charge >= 0.3 is 0 Å². The molecular formula is C24H18ClN5OS. The molecule has 0 bridgehead atoms. The summed E-state index contributed by atoms with van der Waals surface area (Å²) in [4.78, 5) is 8.53. The van der Waals surface area contributed by atoms with Crippen molar-refractivity contribution in [2.45, 2.75) is 17.5 Å². The standard InChI is InChI=1S/C24H18ClN5OS/c25-20-8-4-7-19(13-20)21-14-27-22(31-21)16-32-24-29-28-23(18-9-11-26-12-10-18)30(24)15-17-5-2-1-3-6-17/h1-14H,15-16H2. The number of pyridine rings is 1. The number of halogens is 1. The lowest BCUT2D eigenvalue weighted by Crippen LogP contribution is -2.04. The van der Waals surface area contributed by atoms with Gasteiger partial charge in [-0.3, -0.25) is 9.55 Å². The van der Waals surface area contributed by atoms with Crippen LogP contribution < -0.4 is 0 Å². The minimum Gasteiger partial charge on any atom is -0.440 e. The molecule has 0 fully saturated rings. The van der Waals surface area contributed by atoms with E-state index in [0.29, 0.717) is 29.0 Å². The summed E-state index contributed by atoms with van der Waals surface area (Å²) in [5.74, 6) is 2.63. The molecule has 0 spiro atoms. The Morgan fingerprint density at radius 2 is 1.75 bits per heavy atom. The molecule has 3 heterocycles. The Morgan fingerprint density at radius 1 is 0.906 bits per heavy atom. The van der Waals surface area contributed by atoms with E-state index in [2.05, 4.69) is 36.9 Å². The molecule has 0 aliphatic heterocycles. The Balaban J connectivity index is 1.39. The SMILES string of the molecule is Clc1cccc(-c2cnc(CSc3nnc(-c4ccncc4)n3Cc3ccccc3)o2)c1. The Hall–Kier alpha value is -3.42. The van der Waals surface area contributed by atoms with Gasteiger partial charge in [0.2, 0.25) is 5.89 Å². The van der Waals surface area contributed by atoms with Crippen LogP contribution in [0.5, 0.6) is 0 Å². The zero-order chi connectivity index (χ0) is 21.8. The van der Waals surface area contributed by atoms with Gasteiger partial charge in [0.1, 0.15) is 0 Å². The van der Waals surface area contributed by atoms with Crippen molar-refractivity contribution < 1.29 is 4.42 Å². The zero-order valence-corrected chi connectivity index (χ0v) is 18.5. The summed E-state index contributed by atoms with van der Waals surface area (Å²) >= 11 is 7.63. The third kappa shape index (κ3) is 4.59. The summed E-state index contributed by atoms with van der Waals surface area (Å²) in [5, 5.41) is 10.4. The number of hydrogen-bond donors (Lipinski definition) is 0. The fourth-order valence-corrected chi connectivity index (χ4v) is 4.28. The lowest BCUT2D eigenvalue weighted by atomic mass is 10.2. The minimum atomic E-state index is 0.532. The van der Waals surface area contributed by atoms with Crippen LogP contribution in [-0.4, -0.2) is 24.7 Å². The molecule has 0 radical (unpaired) electrons. The monoisotopic (exact) mass is 459 g/mol. The summed E-state index contributed by atoms with van der Waals surface area (Å²) in [6.45, 7) is 0.660. The molecule has 0 N–H and O–H groups in total. The van der Waals surface area contributed by atoms with Crippen molar-refractivity contribution in [3.8, 4) is 22.7 Å². The Kier molecular flexibility index (Phi) is 6.00. The van der Waals surface area contributed by atoms with Crippen molar-refractivity contribution >= 4 is 23.4 Å². The number of oxazole rings is 1. The predicted octanol–water partition coefficient (Wildman–Crippen LogP) is 5.99. The molecule has 0 saturated carbocycles. The normalized spacial score (nSPS) is 11.0. The lowest BCUT2D eigenvalue weighted by Gasteiger charge is -2.10. The molecule has 2 aromatic carbocycles. The number of nitrogens with zero attached hydrogens (tertiary/aromatic N) is 5. The highest BCUT2D eigenvalue weighted by Gasteiger charge is 2.16. The molecule has 0 atom stereocenters. The summed E-state index contributed by atoms with van der Waals surface area (Å²) in [7, 11) is 0. The van der Waals surface area contributed by atoms with Gasteiger partial charge in [-0.1, -0.05) is 65.8 Å². The smallest absolute Gasteiger partial charge is 0.205 e. The maximum absolute atomic E-state index is 6.09.